The number of carbonyl (C=O) groups excluding carboxylic acids is 2. The van der Waals surface area contributed by atoms with Crippen molar-refractivity contribution in [2.75, 3.05) is 26.3 Å². The maximum Gasteiger partial charge on any atom is 0.471 e. The number of aromatic nitrogens is 2. The monoisotopic (exact) mass is 500 g/mol. The van der Waals surface area contributed by atoms with Crippen molar-refractivity contribution in [3.05, 3.63) is 71.6 Å². The van der Waals surface area contributed by atoms with Gasteiger partial charge in [0.1, 0.15) is 0 Å². The number of carbonyl (C=O) groups is 2. The zero-order valence-electron chi connectivity index (χ0n) is 19.1. The molecule has 36 heavy (non-hydrogen) atoms. The molecule has 0 unspecified atom stereocenters. The predicted molar refractivity (Wildman–Crippen MR) is 121 cm³/mol. The molecule has 1 saturated heterocycles. The van der Waals surface area contributed by atoms with Gasteiger partial charge in [-0.2, -0.15) is 18.2 Å². The Morgan fingerprint density at radius 3 is 2.44 bits per heavy atom. The fourth-order valence-electron chi connectivity index (χ4n) is 4.41. The number of amides is 2. The maximum atomic E-state index is 13.5. The van der Waals surface area contributed by atoms with Crippen LogP contribution in [-0.4, -0.2) is 59.2 Å². The van der Waals surface area contributed by atoms with Crippen molar-refractivity contribution in [3.63, 3.8) is 0 Å². The van der Waals surface area contributed by atoms with Crippen molar-refractivity contribution in [3.8, 4) is 11.4 Å². The van der Waals surface area contributed by atoms with Crippen LogP contribution < -0.4 is 5.32 Å². The van der Waals surface area contributed by atoms with Gasteiger partial charge < -0.3 is 19.5 Å². The lowest BCUT2D eigenvalue weighted by molar-refractivity contribution is -0.159. The Labute approximate surface area is 204 Å². The first kappa shape index (κ1) is 24.0. The molecule has 1 N–H and O–H groups in total. The van der Waals surface area contributed by atoms with Crippen LogP contribution in [0.2, 0.25) is 0 Å². The summed E-state index contributed by atoms with van der Waals surface area (Å²) in [5.41, 5.74) is 1.08. The largest absolute Gasteiger partial charge is 0.471 e. The predicted octanol–water partition coefficient (Wildman–Crippen LogP) is 3.44. The van der Waals surface area contributed by atoms with Gasteiger partial charge in [0.25, 0.3) is 5.91 Å². The van der Waals surface area contributed by atoms with Crippen LogP contribution >= 0.6 is 0 Å². The average molecular weight is 500 g/mol. The molecule has 2 aliphatic rings. The summed E-state index contributed by atoms with van der Waals surface area (Å²) < 4.78 is 47.9. The van der Waals surface area contributed by atoms with E-state index in [0.717, 1.165) is 18.4 Å². The van der Waals surface area contributed by atoms with E-state index >= 15 is 0 Å². The molecule has 11 heteroatoms. The third kappa shape index (κ3) is 4.70. The van der Waals surface area contributed by atoms with Crippen molar-refractivity contribution in [1.82, 2.24) is 20.4 Å². The van der Waals surface area contributed by atoms with Crippen LogP contribution in [0.15, 0.2) is 59.1 Å². The number of rotatable bonds is 6. The number of hydrogen-bond donors (Lipinski definition) is 1. The Morgan fingerprint density at radius 2 is 1.81 bits per heavy atom. The third-order valence-electron chi connectivity index (χ3n) is 6.55. The number of ether oxygens (including phenoxy) is 1. The Bertz CT molecular complexity index is 1240. The minimum absolute atomic E-state index is 0.0546. The zero-order chi connectivity index (χ0) is 25.3. The molecule has 1 aromatic heterocycles. The number of nitrogens with zero attached hydrogens (tertiary/aromatic N) is 3. The lowest BCUT2D eigenvalue weighted by atomic mass is 9.93. The van der Waals surface area contributed by atoms with E-state index in [1.54, 1.807) is 4.90 Å². The van der Waals surface area contributed by atoms with Gasteiger partial charge in [-0.05, 0) is 30.5 Å². The molecule has 0 radical (unpaired) electrons. The summed E-state index contributed by atoms with van der Waals surface area (Å²) in [6.07, 6.45) is -3.14. The quantitative estimate of drug-likeness (QED) is 0.557. The van der Waals surface area contributed by atoms with E-state index in [-0.39, 0.29) is 35.8 Å². The van der Waals surface area contributed by atoms with E-state index in [1.807, 2.05) is 30.3 Å². The summed E-state index contributed by atoms with van der Waals surface area (Å²) in [6, 6.07) is 15.2. The molecule has 1 aliphatic heterocycles. The molecule has 2 heterocycles. The van der Waals surface area contributed by atoms with Gasteiger partial charge in [0.2, 0.25) is 11.7 Å². The Morgan fingerprint density at radius 1 is 1.08 bits per heavy atom. The summed E-state index contributed by atoms with van der Waals surface area (Å²) in [6.45, 7) is 1.41. The summed E-state index contributed by atoms with van der Waals surface area (Å²) >= 11 is 0. The highest BCUT2D eigenvalue weighted by Gasteiger charge is 2.54. The minimum atomic E-state index is -4.73. The molecule has 0 bridgehead atoms. The van der Waals surface area contributed by atoms with Gasteiger partial charge in [-0.15, -0.1) is 0 Å². The normalized spacial score (nSPS) is 19.1. The Kier molecular flexibility index (Phi) is 6.25. The van der Waals surface area contributed by atoms with Gasteiger partial charge in [-0.1, -0.05) is 47.6 Å². The molecule has 2 amide bonds. The standard InChI is InChI=1S/C25H23F3N4O4/c26-25(27,28)22-30-20(31-36-22)16-6-8-17(9-7-16)21(33)29-14-19-15-35-13-12-32(19)23(34)24(10-11-24)18-4-2-1-3-5-18/h1-9,19H,10-15H2,(H,29,33)/t19-/m1/s1. The van der Waals surface area contributed by atoms with E-state index in [0.29, 0.717) is 25.3 Å². The minimum Gasteiger partial charge on any atom is -0.377 e. The number of alkyl halides is 3. The van der Waals surface area contributed by atoms with E-state index < -0.39 is 17.5 Å². The number of hydrogen-bond acceptors (Lipinski definition) is 6. The molecule has 2 fully saturated rings. The van der Waals surface area contributed by atoms with Crippen molar-refractivity contribution in [2.45, 2.75) is 30.5 Å². The van der Waals surface area contributed by atoms with Crippen LogP contribution in [0.3, 0.4) is 0 Å². The first-order valence-electron chi connectivity index (χ1n) is 11.5. The van der Waals surface area contributed by atoms with Crippen molar-refractivity contribution in [2.24, 2.45) is 0 Å². The van der Waals surface area contributed by atoms with Crippen LogP contribution in [-0.2, 0) is 21.1 Å². The summed E-state index contributed by atoms with van der Waals surface area (Å²) in [5, 5.41) is 6.18. The fourth-order valence-corrected chi connectivity index (χ4v) is 4.41. The van der Waals surface area contributed by atoms with Gasteiger partial charge in [0.05, 0.1) is 24.7 Å². The molecule has 2 aromatic carbocycles. The van der Waals surface area contributed by atoms with Gasteiger partial charge in [-0.25, -0.2) is 0 Å². The molecular formula is C25H23F3N4O4. The lowest BCUT2D eigenvalue weighted by Gasteiger charge is -2.38. The number of benzene rings is 2. The van der Waals surface area contributed by atoms with Crippen LogP contribution in [0.5, 0.6) is 0 Å². The van der Waals surface area contributed by atoms with E-state index in [9.17, 15) is 22.8 Å². The second-order valence-electron chi connectivity index (χ2n) is 8.88. The first-order valence-corrected chi connectivity index (χ1v) is 11.5. The van der Waals surface area contributed by atoms with E-state index in [1.165, 1.54) is 24.3 Å². The van der Waals surface area contributed by atoms with Crippen LogP contribution in [0, 0.1) is 0 Å². The molecule has 3 aromatic rings. The van der Waals surface area contributed by atoms with E-state index in [4.69, 9.17) is 4.74 Å². The molecule has 5 rings (SSSR count). The molecular weight excluding hydrogens is 477 g/mol. The molecule has 1 saturated carbocycles. The van der Waals surface area contributed by atoms with Crippen molar-refractivity contribution in [1.29, 1.82) is 0 Å². The summed E-state index contributed by atoms with van der Waals surface area (Å²) in [7, 11) is 0. The van der Waals surface area contributed by atoms with Crippen LogP contribution in [0.1, 0.15) is 34.7 Å². The highest BCUT2D eigenvalue weighted by molar-refractivity contribution is 5.95. The second-order valence-corrected chi connectivity index (χ2v) is 8.88. The average Bonchev–Trinajstić information content (AvgIpc) is 3.55. The molecule has 8 nitrogen and oxygen atoms in total. The second kappa shape index (κ2) is 9.38. The van der Waals surface area contributed by atoms with Crippen LogP contribution in [0.25, 0.3) is 11.4 Å². The smallest absolute Gasteiger partial charge is 0.377 e. The van der Waals surface area contributed by atoms with Crippen LogP contribution in [0.4, 0.5) is 13.2 Å². The topological polar surface area (TPSA) is 97.6 Å². The summed E-state index contributed by atoms with van der Waals surface area (Å²) in [5.74, 6) is -1.99. The van der Waals surface area contributed by atoms with Gasteiger partial charge in [0, 0.05) is 24.2 Å². The summed E-state index contributed by atoms with van der Waals surface area (Å²) in [4.78, 5) is 31.4. The lowest BCUT2D eigenvalue weighted by Crippen LogP contribution is -2.56. The van der Waals surface area contributed by atoms with Gasteiger partial charge in [-0.3, -0.25) is 9.59 Å². The maximum absolute atomic E-state index is 13.5. The fraction of sp³-hybridized carbons (Fsp3) is 0.360. The third-order valence-corrected chi connectivity index (χ3v) is 6.55. The van der Waals surface area contributed by atoms with Gasteiger partial charge >= 0.3 is 12.1 Å². The van der Waals surface area contributed by atoms with Gasteiger partial charge in [0.15, 0.2) is 0 Å². The SMILES string of the molecule is O=C(NC[C@@H]1COCCN1C(=O)C1(c2ccccc2)CC1)c1ccc(-c2noc(C(F)(F)F)n2)cc1. The van der Waals surface area contributed by atoms with Crippen molar-refractivity contribution < 1.29 is 32.0 Å². The first-order chi connectivity index (χ1) is 17.3. The number of halogens is 3. The van der Waals surface area contributed by atoms with Crippen molar-refractivity contribution >= 4 is 11.8 Å². The number of morpholine rings is 1. The van der Waals surface area contributed by atoms with E-state index in [2.05, 4.69) is 20.0 Å². The molecule has 1 aliphatic carbocycles. The Hall–Kier alpha value is -3.73. The zero-order valence-corrected chi connectivity index (χ0v) is 19.1. The highest BCUT2D eigenvalue weighted by Crippen LogP contribution is 2.50. The Balaban J connectivity index is 1.22. The molecule has 0 spiro atoms. The number of nitrogens with one attached hydrogen (secondary N) is 1. The highest BCUT2D eigenvalue weighted by atomic mass is 19.4. The molecule has 1 atom stereocenters. The molecule has 188 valence electrons.